The molecule has 1 saturated heterocycles. The summed E-state index contributed by atoms with van der Waals surface area (Å²) in [7, 11) is 3.74. The number of piperazine rings is 1. The molecule has 0 radical (unpaired) electrons. The summed E-state index contributed by atoms with van der Waals surface area (Å²) >= 11 is 0. The molecule has 2 rings (SSSR count). The predicted molar refractivity (Wildman–Crippen MR) is 98.0 cm³/mol. The summed E-state index contributed by atoms with van der Waals surface area (Å²) in [5.41, 5.74) is 1.12. The highest BCUT2D eigenvalue weighted by Gasteiger charge is 2.19. The number of rotatable bonds is 6. The summed E-state index contributed by atoms with van der Waals surface area (Å²) in [6, 6.07) is 6.52. The summed E-state index contributed by atoms with van der Waals surface area (Å²) < 4.78 is 0. The van der Waals surface area contributed by atoms with Gasteiger partial charge in [-0.2, -0.15) is 0 Å². The van der Waals surface area contributed by atoms with Gasteiger partial charge in [0, 0.05) is 57.6 Å². The number of anilines is 1. The highest BCUT2D eigenvalue weighted by atomic mass is 16.3. The first-order valence-electron chi connectivity index (χ1n) is 8.57. The molecule has 1 fully saturated rings. The van der Waals surface area contributed by atoms with Gasteiger partial charge in [-0.3, -0.25) is 9.69 Å². The monoisotopic (exact) mass is 348 g/mol. The van der Waals surface area contributed by atoms with Gasteiger partial charge in [-0.15, -0.1) is 0 Å². The van der Waals surface area contributed by atoms with E-state index < -0.39 is 6.10 Å². The number of Topliss-reactive ketones (excluding diaryl/α,β-unsaturated/α-hetero) is 1. The molecule has 0 spiro atoms. The van der Waals surface area contributed by atoms with E-state index in [9.17, 15) is 14.7 Å². The van der Waals surface area contributed by atoms with Gasteiger partial charge in [-0.05, 0) is 26.1 Å². The fraction of sp³-hybridized carbons (Fsp3) is 0.556. The zero-order valence-corrected chi connectivity index (χ0v) is 15.2. The van der Waals surface area contributed by atoms with Crippen LogP contribution in [-0.2, 0) is 0 Å². The minimum atomic E-state index is -0.595. The van der Waals surface area contributed by atoms with Gasteiger partial charge in [0.25, 0.3) is 0 Å². The second-order valence-corrected chi connectivity index (χ2v) is 6.71. The van der Waals surface area contributed by atoms with Gasteiger partial charge < -0.3 is 20.2 Å². The molecule has 0 aliphatic carbocycles. The van der Waals surface area contributed by atoms with Crippen LogP contribution in [-0.4, -0.2) is 91.1 Å². The molecule has 1 aliphatic rings. The number of ketones is 1. The molecular formula is C18H28N4O3. The average molecular weight is 348 g/mol. The summed E-state index contributed by atoms with van der Waals surface area (Å²) in [5.74, 6) is -0.0490. The topological polar surface area (TPSA) is 76.1 Å². The molecule has 1 atom stereocenters. The lowest BCUT2D eigenvalue weighted by Crippen LogP contribution is -2.49. The van der Waals surface area contributed by atoms with Crippen molar-refractivity contribution < 1.29 is 14.7 Å². The molecule has 1 aromatic carbocycles. The summed E-state index contributed by atoms with van der Waals surface area (Å²) in [4.78, 5) is 29.6. The fourth-order valence-corrected chi connectivity index (χ4v) is 2.82. The maximum atomic E-state index is 12.3. The zero-order valence-electron chi connectivity index (χ0n) is 15.2. The van der Waals surface area contributed by atoms with Crippen LogP contribution in [0.5, 0.6) is 0 Å². The van der Waals surface area contributed by atoms with E-state index in [4.69, 9.17) is 0 Å². The van der Waals surface area contributed by atoms with Crippen LogP contribution < -0.4 is 5.32 Å². The molecule has 1 heterocycles. The Hall–Kier alpha value is -1.96. The SMILES string of the molecule is CC(=O)c1cccc(NC(=O)N(C)CC(O)CN2CCN(C)CC2)c1. The minimum absolute atomic E-state index is 0.0490. The van der Waals surface area contributed by atoms with Gasteiger partial charge in [0.2, 0.25) is 0 Å². The van der Waals surface area contributed by atoms with Crippen molar-refractivity contribution in [1.82, 2.24) is 14.7 Å². The van der Waals surface area contributed by atoms with E-state index in [1.807, 2.05) is 0 Å². The van der Waals surface area contributed by atoms with Crippen LogP contribution in [0.4, 0.5) is 10.5 Å². The first-order chi connectivity index (χ1) is 11.8. The largest absolute Gasteiger partial charge is 0.390 e. The van der Waals surface area contributed by atoms with E-state index in [0.717, 1.165) is 26.2 Å². The third kappa shape index (κ3) is 6.12. The average Bonchev–Trinajstić information content (AvgIpc) is 2.57. The van der Waals surface area contributed by atoms with Gasteiger partial charge in [-0.25, -0.2) is 4.79 Å². The van der Waals surface area contributed by atoms with Crippen LogP contribution in [0.15, 0.2) is 24.3 Å². The highest BCUT2D eigenvalue weighted by molar-refractivity contribution is 5.96. The number of likely N-dealkylation sites (N-methyl/N-ethyl adjacent to an activating group) is 2. The Morgan fingerprint density at radius 2 is 1.96 bits per heavy atom. The van der Waals surface area contributed by atoms with Crippen molar-refractivity contribution in [3.8, 4) is 0 Å². The van der Waals surface area contributed by atoms with Crippen LogP contribution in [0, 0.1) is 0 Å². The van der Waals surface area contributed by atoms with Crippen molar-refractivity contribution >= 4 is 17.5 Å². The molecule has 1 aromatic rings. The Morgan fingerprint density at radius 3 is 2.60 bits per heavy atom. The highest BCUT2D eigenvalue weighted by Crippen LogP contribution is 2.12. The molecule has 0 aromatic heterocycles. The molecule has 25 heavy (non-hydrogen) atoms. The van der Waals surface area contributed by atoms with E-state index in [2.05, 4.69) is 22.2 Å². The number of amides is 2. The Bertz CT molecular complexity index is 600. The number of nitrogens with one attached hydrogen (secondary N) is 1. The van der Waals surface area contributed by atoms with Crippen molar-refractivity contribution in [2.24, 2.45) is 0 Å². The standard InChI is InChI=1S/C18H28N4O3/c1-14(23)15-5-4-6-16(11-15)19-18(25)21(3)12-17(24)13-22-9-7-20(2)8-10-22/h4-6,11,17,24H,7-10,12-13H2,1-3H3,(H,19,25). The van der Waals surface area contributed by atoms with E-state index >= 15 is 0 Å². The summed E-state index contributed by atoms with van der Waals surface area (Å²) in [6.45, 7) is 6.16. The molecule has 1 unspecified atom stereocenters. The first-order valence-corrected chi connectivity index (χ1v) is 8.57. The number of nitrogens with zero attached hydrogens (tertiary/aromatic N) is 3. The molecule has 2 amide bonds. The molecule has 7 nitrogen and oxygen atoms in total. The molecule has 0 saturated carbocycles. The number of carbonyl (C=O) groups is 2. The fourth-order valence-electron chi connectivity index (χ4n) is 2.82. The van der Waals surface area contributed by atoms with Gasteiger partial charge in [-0.1, -0.05) is 12.1 Å². The Morgan fingerprint density at radius 1 is 1.28 bits per heavy atom. The Kier molecular flexibility index (Phi) is 6.92. The molecule has 1 aliphatic heterocycles. The van der Waals surface area contributed by atoms with Gasteiger partial charge in [0.15, 0.2) is 5.78 Å². The molecule has 0 bridgehead atoms. The van der Waals surface area contributed by atoms with Crippen LogP contribution in [0.2, 0.25) is 0 Å². The van der Waals surface area contributed by atoms with Crippen LogP contribution in [0.1, 0.15) is 17.3 Å². The van der Waals surface area contributed by atoms with Gasteiger partial charge in [0.1, 0.15) is 0 Å². The first kappa shape index (κ1) is 19.4. The predicted octanol–water partition coefficient (Wildman–Crippen LogP) is 0.961. The third-order valence-corrected chi connectivity index (χ3v) is 4.42. The molecule has 138 valence electrons. The third-order valence-electron chi connectivity index (χ3n) is 4.42. The Labute approximate surface area is 149 Å². The van der Waals surface area contributed by atoms with Crippen molar-refractivity contribution in [3.63, 3.8) is 0 Å². The van der Waals surface area contributed by atoms with Gasteiger partial charge >= 0.3 is 6.03 Å². The van der Waals surface area contributed by atoms with Crippen LogP contribution in [0.25, 0.3) is 0 Å². The number of benzene rings is 1. The zero-order chi connectivity index (χ0) is 18.4. The van der Waals surface area contributed by atoms with E-state index in [1.54, 1.807) is 31.3 Å². The van der Waals surface area contributed by atoms with E-state index in [0.29, 0.717) is 17.8 Å². The number of β-amino-alcohol motifs (C(OH)–C–C–N with tert-alkyl or cyclic N) is 1. The summed E-state index contributed by atoms with van der Waals surface area (Å²) in [6.07, 6.45) is -0.595. The van der Waals surface area contributed by atoms with Crippen LogP contribution in [0.3, 0.4) is 0 Å². The normalized spacial score (nSPS) is 17.1. The van der Waals surface area contributed by atoms with Crippen molar-refractivity contribution in [1.29, 1.82) is 0 Å². The van der Waals surface area contributed by atoms with Crippen molar-refractivity contribution in [2.75, 3.05) is 58.7 Å². The maximum absolute atomic E-state index is 12.3. The molecule has 7 heteroatoms. The quantitative estimate of drug-likeness (QED) is 0.749. The van der Waals surface area contributed by atoms with Crippen molar-refractivity contribution in [2.45, 2.75) is 13.0 Å². The van der Waals surface area contributed by atoms with Crippen molar-refractivity contribution in [3.05, 3.63) is 29.8 Å². The molecular weight excluding hydrogens is 320 g/mol. The second-order valence-electron chi connectivity index (χ2n) is 6.71. The second kappa shape index (κ2) is 8.94. The number of aliphatic hydroxyl groups excluding tert-OH is 1. The smallest absolute Gasteiger partial charge is 0.321 e. The molecule has 2 N–H and O–H groups in total. The number of hydrogen-bond acceptors (Lipinski definition) is 5. The number of hydrogen-bond donors (Lipinski definition) is 2. The number of urea groups is 1. The number of aliphatic hydroxyl groups is 1. The summed E-state index contributed by atoms with van der Waals surface area (Å²) in [5, 5.41) is 13.0. The number of carbonyl (C=O) groups excluding carboxylic acids is 2. The van der Waals surface area contributed by atoms with E-state index in [-0.39, 0.29) is 18.4 Å². The minimum Gasteiger partial charge on any atom is -0.390 e. The lowest BCUT2D eigenvalue weighted by atomic mass is 10.1. The lowest BCUT2D eigenvalue weighted by Gasteiger charge is -2.34. The van der Waals surface area contributed by atoms with Gasteiger partial charge in [0.05, 0.1) is 6.10 Å². The van der Waals surface area contributed by atoms with E-state index in [1.165, 1.54) is 11.8 Å². The maximum Gasteiger partial charge on any atom is 0.321 e. The lowest BCUT2D eigenvalue weighted by molar-refractivity contribution is 0.0670. The Balaban J connectivity index is 1.81. The van der Waals surface area contributed by atoms with Crippen LogP contribution >= 0.6 is 0 Å².